The largest absolute Gasteiger partial charge is 0.308 e. The van der Waals surface area contributed by atoms with E-state index in [4.69, 9.17) is 0 Å². The second-order valence-corrected chi connectivity index (χ2v) is 6.68. The Hall–Kier alpha value is -1.27. The number of aromatic nitrogens is 2. The lowest BCUT2D eigenvalue weighted by atomic mass is 10.1. The standard InChI is InChI=1S/C15H18BrF2N3/c1-15(2,3)19-8-10-9-20-21(13(10)14(17)18)12-7-5-4-6-11(12)16/h4-7,9,14,19H,8H2,1-3H3. The highest BCUT2D eigenvalue weighted by atomic mass is 79.9. The summed E-state index contributed by atoms with van der Waals surface area (Å²) in [6.07, 6.45) is -1.09. The molecule has 0 aliphatic carbocycles. The maximum Gasteiger partial charge on any atom is 0.280 e. The van der Waals surface area contributed by atoms with Gasteiger partial charge < -0.3 is 5.32 Å². The van der Waals surface area contributed by atoms with Gasteiger partial charge in [-0.15, -0.1) is 0 Å². The lowest BCUT2D eigenvalue weighted by molar-refractivity contribution is 0.141. The first-order chi connectivity index (χ1) is 9.79. The summed E-state index contributed by atoms with van der Waals surface area (Å²) in [5.74, 6) is 0. The summed E-state index contributed by atoms with van der Waals surface area (Å²) >= 11 is 3.37. The van der Waals surface area contributed by atoms with Crippen molar-refractivity contribution in [1.82, 2.24) is 15.1 Å². The van der Waals surface area contributed by atoms with Gasteiger partial charge in [0.1, 0.15) is 5.69 Å². The summed E-state index contributed by atoms with van der Waals surface area (Å²) in [7, 11) is 0. The molecule has 0 spiro atoms. The van der Waals surface area contributed by atoms with E-state index in [1.165, 1.54) is 10.9 Å². The molecule has 0 radical (unpaired) electrons. The van der Waals surface area contributed by atoms with Gasteiger partial charge in [0.25, 0.3) is 6.43 Å². The molecule has 2 rings (SSSR count). The summed E-state index contributed by atoms with van der Waals surface area (Å²) < 4.78 is 28.9. The third kappa shape index (κ3) is 3.89. The molecule has 0 amide bonds. The van der Waals surface area contributed by atoms with E-state index in [9.17, 15) is 8.78 Å². The lowest BCUT2D eigenvalue weighted by Gasteiger charge is -2.20. The van der Waals surface area contributed by atoms with Gasteiger partial charge in [0.05, 0.1) is 11.9 Å². The molecule has 2 aromatic rings. The first-order valence-electron chi connectivity index (χ1n) is 6.64. The molecule has 114 valence electrons. The molecular weight excluding hydrogens is 340 g/mol. The highest BCUT2D eigenvalue weighted by Crippen LogP contribution is 2.29. The van der Waals surface area contributed by atoms with Crippen molar-refractivity contribution in [2.24, 2.45) is 0 Å². The van der Waals surface area contributed by atoms with E-state index in [2.05, 4.69) is 26.3 Å². The predicted octanol–water partition coefficient (Wildman–Crippen LogP) is 4.46. The van der Waals surface area contributed by atoms with Gasteiger partial charge >= 0.3 is 0 Å². The smallest absolute Gasteiger partial charge is 0.280 e. The zero-order chi connectivity index (χ0) is 15.6. The molecule has 0 saturated heterocycles. The number of alkyl halides is 2. The highest BCUT2D eigenvalue weighted by molar-refractivity contribution is 9.10. The molecule has 6 heteroatoms. The van der Waals surface area contributed by atoms with Gasteiger partial charge in [0.15, 0.2) is 0 Å². The molecule has 3 nitrogen and oxygen atoms in total. The van der Waals surface area contributed by atoms with Crippen LogP contribution in [0.15, 0.2) is 34.9 Å². The van der Waals surface area contributed by atoms with Crippen LogP contribution in [0.2, 0.25) is 0 Å². The Morgan fingerprint density at radius 2 is 1.95 bits per heavy atom. The molecule has 0 fully saturated rings. The Labute approximate surface area is 131 Å². The zero-order valence-electron chi connectivity index (χ0n) is 12.2. The average molecular weight is 358 g/mol. The molecular formula is C15H18BrF2N3. The fourth-order valence-corrected chi connectivity index (χ4v) is 2.39. The third-order valence-electron chi connectivity index (χ3n) is 2.98. The zero-order valence-corrected chi connectivity index (χ0v) is 13.8. The second kappa shape index (κ2) is 6.23. The Morgan fingerprint density at radius 3 is 2.52 bits per heavy atom. The van der Waals surface area contributed by atoms with E-state index in [0.29, 0.717) is 17.8 Å². The van der Waals surface area contributed by atoms with Gasteiger partial charge in [-0.25, -0.2) is 13.5 Å². The first-order valence-corrected chi connectivity index (χ1v) is 7.44. The molecule has 0 aliphatic heterocycles. The molecule has 1 heterocycles. The maximum atomic E-state index is 13.5. The van der Waals surface area contributed by atoms with E-state index in [1.807, 2.05) is 26.8 Å². The highest BCUT2D eigenvalue weighted by Gasteiger charge is 2.22. The average Bonchev–Trinajstić information content (AvgIpc) is 2.80. The molecule has 1 aromatic heterocycles. The normalized spacial score (nSPS) is 12.1. The second-order valence-electron chi connectivity index (χ2n) is 5.82. The predicted molar refractivity (Wildman–Crippen MR) is 82.8 cm³/mol. The van der Waals surface area contributed by atoms with Crippen LogP contribution < -0.4 is 5.32 Å². The number of para-hydroxylation sites is 1. The molecule has 0 saturated carbocycles. The van der Waals surface area contributed by atoms with Crippen molar-refractivity contribution < 1.29 is 8.78 Å². The Bertz CT molecular complexity index is 618. The third-order valence-corrected chi connectivity index (χ3v) is 3.65. The minimum absolute atomic E-state index is 0.0707. The van der Waals surface area contributed by atoms with Gasteiger partial charge in [-0.3, -0.25) is 0 Å². The minimum Gasteiger partial charge on any atom is -0.308 e. The van der Waals surface area contributed by atoms with Crippen LogP contribution in [0.25, 0.3) is 5.69 Å². The molecule has 0 aliphatic rings. The monoisotopic (exact) mass is 357 g/mol. The van der Waals surface area contributed by atoms with Crippen molar-refractivity contribution in [3.63, 3.8) is 0 Å². The van der Waals surface area contributed by atoms with Gasteiger partial charge in [0.2, 0.25) is 0 Å². The van der Waals surface area contributed by atoms with Gasteiger partial charge in [-0.05, 0) is 48.8 Å². The van der Waals surface area contributed by atoms with Crippen molar-refractivity contribution in [2.75, 3.05) is 0 Å². The molecule has 1 N–H and O–H groups in total. The number of benzene rings is 1. The van der Waals surface area contributed by atoms with E-state index in [1.54, 1.807) is 18.2 Å². The summed E-state index contributed by atoms with van der Waals surface area (Å²) in [6.45, 7) is 6.33. The molecule has 21 heavy (non-hydrogen) atoms. The summed E-state index contributed by atoms with van der Waals surface area (Å²) in [5, 5.41) is 7.35. The van der Waals surface area contributed by atoms with Crippen LogP contribution in [0.5, 0.6) is 0 Å². The molecule has 0 atom stereocenters. The fourth-order valence-electron chi connectivity index (χ4n) is 1.94. The van der Waals surface area contributed by atoms with Crippen molar-refractivity contribution in [3.8, 4) is 5.69 Å². The Morgan fingerprint density at radius 1 is 1.29 bits per heavy atom. The summed E-state index contributed by atoms with van der Waals surface area (Å²) in [6, 6.07) is 7.19. The summed E-state index contributed by atoms with van der Waals surface area (Å²) in [4.78, 5) is 0. The van der Waals surface area contributed by atoms with Crippen molar-refractivity contribution >= 4 is 15.9 Å². The Kier molecular flexibility index (Phi) is 4.78. The van der Waals surface area contributed by atoms with Crippen LogP contribution in [0.3, 0.4) is 0 Å². The van der Waals surface area contributed by atoms with Crippen LogP contribution in [-0.4, -0.2) is 15.3 Å². The van der Waals surface area contributed by atoms with Crippen LogP contribution in [0, 0.1) is 0 Å². The molecule has 0 unspecified atom stereocenters. The molecule has 1 aromatic carbocycles. The van der Waals surface area contributed by atoms with Crippen molar-refractivity contribution in [3.05, 3.63) is 46.2 Å². The van der Waals surface area contributed by atoms with Crippen LogP contribution >= 0.6 is 15.9 Å². The van der Waals surface area contributed by atoms with Gasteiger partial charge in [-0.1, -0.05) is 12.1 Å². The van der Waals surface area contributed by atoms with Gasteiger partial charge in [0, 0.05) is 22.1 Å². The lowest BCUT2D eigenvalue weighted by Crippen LogP contribution is -2.35. The Balaban J connectivity index is 2.40. The quantitative estimate of drug-likeness (QED) is 0.875. The van der Waals surface area contributed by atoms with Crippen LogP contribution in [-0.2, 0) is 6.54 Å². The summed E-state index contributed by atoms with van der Waals surface area (Å²) in [5.41, 5.74) is 0.901. The maximum absolute atomic E-state index is 13.5. The number of hydrogen-bond donors (Lipinski definition) is 1. The number of rotatable bonds is 4. The fraction of sp³-hybridized carbons (Fsp3) is 0.400. The number of nitrogens with one attached hydrogen (secondary N) is 1. The SMILES string of the molecule is CC(C)(C)NCc1cnn(-c2ccccc2Br)c1C(F)F. The minimum atomic E-state index is -2.59. The van der Waals surface area contributed by atoms with E-state index in [0.717, 1.165) is 4.47 Å². The molecule has 0 bridgehead atoms. The first kappa shape index (κ1) is 16.1. The van der Waals surface area contributed by atoms with Crippen molar-refractivity contribution in [1.29, 1.82) is 0 Å². The van der Waals surface area contributed by atoms with Gasteiger partial charge in [-0.2, -0.15) is 5.10 Å². The number of hydrogen-bond acceptors (Lipinski definition) is 2. The van der Waals surface area contributed by atoms with E-state index < -0.39 is 6.43 Å². The number of nitrogens with zero attached hydrogens (tertiary/aromatic N) is 2. The van der Waals surface area contributed by atoms with E-state index >= 15 is 0 Å². The number of halogens is 3. The van der Waals surface area contributed by atoms with E-state index in [-0.39, 0.29) is 11.2 Å². The van der Waals surface area contributed by atoms with Crippen molar-refractivity contribution in [2.45, 2.75) is 39.3 Å². The topological polar surface area (TPSA) is 29.9 Å². The van der Waals surface area contributed by atoms with Crippen LogP contribution in [0.1, 0.15) is 38.5 Å². The van der Waals surface area contributed by atoms with Crippen LogP contribution in [0.4, 0.5) is 8.78 Å².